The van der Waals surface area contributed by atoms with Gasteiger partial charge in [-0.1, -0.05) is 25.5 Å². The largest absolute Gasteiger partial charge is 0.387 e. The third kappa shape index (κ3) is 7.54. The summed E-state index contributed by atoms with van der Waals surface area (Å²) in [5, 5.41) is 46.3. The number of carbonyl (C=O) groups is 2. The first kappa shape index (κ1) is 36.5. The molecule has 1 aromatic heterocycles. The highest BCUT2D eigenvalue weighted by molar-refractivity contribution is 6.06. The molecule has 2 saturated heterocycles. The van der Waals surface area contributed by atoms with E-state index >= 15 is 0 Å². The summed E-state index contributed by atoms with van der Waals surface area (Å²) in [5.41, 5.74) is 5.74. The van der Waals surface area contributed by atoms with Gasteiger partial charge in [0, 0.05) is 38.1 Å². The molecule has 17 heteroatoms. The Morgan fingerprint density at radius 3 is 2.39 bits per heavy atom. The number of aromatic nitrogens is 2. The van der Waals surface area contributed by atoms with E-state index in [4.69, 9.17) is 19.9 Å². The number of nitrogens with zero attached hydrogens (tertiary/aromatic N) is 3. The molecule has 0 radical (unpaired) electrons. The first-order valence-electron chi connectivity index (χ1n) is 16.1. The summed E-state index contributed by atoms with van der Waals surface area (Å²) in [6, 6.07) is 7.10. The van der Waals surface area contributed by atoms with Gasteiger partial charge in [0.25, 0.3) is 11.5 Å². The van der Waals surface area contributed by atoms with E-state index in [9.17, 15) is 39.6 Å². The van der Waals surface area contributed by atoms with Crippen LogP contribution in [-0.2, 0) is 30.2 Å². The van der Waals surface area contributed by atoms with Gasteiger partial charge < -0.3 is 50.6 Å². The number of nitrogens with one attached hydrogen (secondary N) is 2. The quantitative estimate of drug-likeness (QED) is 0.130. The lowest BCUT2D eigenvalue weighted by molar-refractivity contribution is -0.232. The number of anilines is 1. The van der Waals surface area contributed by atoms with Crippen LogP contribution in [-0.4, -0.2) is 134 Å². The van der Waals surface area contributed by atoms with E-state index in [2.05, 4.69) is 17.2 Å². The Morgan fingerprint density at radius 2 is 1.76 bits per heavy atom. The van der Waals surface area contributed by atoms with Crippen LogP contribution in [0.25, 0.3) is 0 Å². The van der Waals surface area contributed by atoms with Gasteiger partial charge in [0.15, 0.2) is 12.5 Å². The summed E-state index contributed by atoms with van der Waals surface area (Å²) >= 11 is 0. The molecule has 1 aromatic carbocycles. The minimum Gasteiger partial charge on any atom is -0.387 e. The van der Waals surface area contributed by atoms with Crippen molar-refractivity contribution in [2.45, 2.75) is 87.5 Å². The van der Waals surface area contributed by atoms with Crippen LogP contribution in [0, 0.1) is 0 Å². The molecule has 10 atom stereocenters. The number of aryl methyl sites for hydroxylation is 1. The van der Waals surface area contributed by atoms with Crippen molar-refractivity contribution in [3.8, 4) is 0 Å². The summed E-state index contributed by atoms with van der Waals surface area (Å²) in [6.45, 7) is 1.96. The molecule has 2 amide bonds. The van der Waals surface area contributed by atoms with E-state index in [0.29, 0.717) is 5.69 Å². The predicted octanol–water partition coefficient (Wildman–Crippen LogP) is -2.42. The molecular weight excluding hydrogens is 644 g/mol. The average molecular weight is 689 g/mol. The molecule has 2 fully saturated rings. The number of H-pyrrole nitrogens is 1. The molecule has 0 saturated carbocycles. The van der Waals surface area contributed by atoms with Gasteiger partial charge in [-0.05, 0) is 43.7 Å². The van der Waals surface area contributed by atoms with Gasteiger partial charge >= 0.3 is 5.69 Å². The molecule has 49 heavy (non-hydrogen) atoms. The first-order valence-corrected chi connectivity index (χ1v) is 16.1. The molecule has 17 nitrogen and oxygen atoms in total. The number of aliphatic hydroxyl groups is 4. The average Bonchev–Trinajstić information content (AvgIpc) is 3.48. The maximum absolute atomic E-state index is 14.3. The summed E-state index contributed by atoms with van der Waals surface area (Å²) in [5.74, 6) is -1.24. The summed E-state index contributed by atoms with van der Waals surface area (Å²) in [4.78, 5) is 56.6. The highest BCUT2D eigenvalue weighted by Gasteiger charge is 2.55. The molecule has 0 bridgehead atoms. The zero-order valence-corrected chi connectivity index (χ0v) is 27.4. The molecule has 5 rings (SSSR count). The summed E-state index contributed by atoms with van der Waals surface area (Å²) < 4.78 is 18.6. The lowest BCUT2D eigenvalue weighted by atomic mass is 9.97. The number of nitrogens with two attached hydrogens (primary N) is 1. The monoisotopic (exact) mass is 688 g/mol. The normalized spacial score (nSPS) is 31.4. The third-order valence-corrected chi connectivity index (χ3v) is 9.13. The van der Waals surface area contributed by atoms with Crippen molar-refractivity contribution >= 4 is 17.5 Å². The van der Waals surface area contributed by atoms with Gasteiger partial charge in [0.05, 0.1) is 0 Å². The zero-order chi connectivity index (χ0) is 35.6. The Kier molecular flexibility index (Phi) is 11.5. The number of ether oxygens (including phenoxy) is 3. The van der Waals surface area contributed by atoms with E-state index in [0.717, 1.165) is 46.6 Å². The third-order valence-electron chi connectivity index (χ3n) is 9.13. The van der Waals surface area contributed by atoms with E-state index in [1.807, 2.05) is 12.1 Å². The molecule has 0 aliphatic carbocycles. The van der Waals surface area contributed by atoms with Gasteiger partial charge in [-0.2, -0.15) is 0 Å². The van der Waals surface area contributed by atoms with Gasteiger partial charge in [0.1, 0.15) is 54.5 Å². The Labute approximate surface area is 281 Å². The van der Waals surface area contributed by atoms with E-state index in [1.165, 1.54) is 11.9 Å². The van der Waals surface area contributed by atoms with Gasteiger partial charge in [-0.3, -0.25) is 28.8 Å². The van der Waals surface area contributed by atoms with Crippen LogP contribution < -0.4 is 22.3 Å². The molecule has 268 valence electrons. The number of aliphatic hydroxyl groups excluding tert-OH is 4. The van der Waals surface area contributed by atoms with Gasteiger partial charge in [0.2, 0.25) is 5.91 Å². The van der Waals surface area contributed by atoms with Crippen molar-refractivity contribution in [3.63, 3.8) is 0 Å². The number of unbranched alkanes of at least 4 members (excludes halogenated alkanes) is 1. The highest BCUT2D eigenvalue weighted by atomic mass is 16.7. The SMILES string of the molecule is CCCCc1ccc(NC(=O)C2=CCN(C)[C@@H]([C@H](OC3OC(CN)C(O)C3O)C3OC(n4ccc(=O)[nH]c4=O)C(O)C3O)C(=O)N2C)cc1. The minimum absolute atomic E-state index is 0.0227. The van der Waals surface area contributed by atoms with Crippen LogP contribution in [0.2, 0.25) is 0 Å². The van der Waals surface area contributed by atoms with E-state index in [1.54, 1.807) is 25.3 Å². The second kappa shape index (κ2) is 15.4. The van der Waals surface area contributed by atoms with E-state index < -0.39 is 84.4 Å². The predicted molar refractivity (Wildman–Crippen MR) is 173 cm³/mol. The fraction of sp³-hybridized carbons (Fsp3) is 0.562. The standard InChI is InChI=1S/C32H44N6O11/c1-4-5-6-16-7-9-17(10-8-16)34-28(44)18-11-13-36(2)21(29(45)37(18)3)26(49-31-25(43)22(40)19(15-33)47-31)27-23(41)24(42)30(48-27)38-14-12-20(39)35-32(38)46/h7-12,14,19,21-27,30-31,40-43H,4-6,13,15,33H2,1-3H3,(H,34,44)(H,35,39,46)/t19?,21-,22?,23?,24?,25?,26-,27?,30?,31?/m0/s1. The van der Waals surface area contributed by atoms with Gasteiger partial charge in [-0.15, -0.1) is 0 Å². The van der Waals surface area contributed by atoms with Crippen LogP contribution in [0.1, 0.15) is 31.6 Å². The first-order chi connectivity index (χ1) is 23.4. The molecular formula is C32H44N6O11. The Balaban J connectivity index is 1.43. The summed E-state index contributed by atoms with van der Waals surface area (Å²) in [7, 11) is 2.95. The molecule has 0 spiro atoms. The maximum atomic E-state index is 14.3. The summed E-state index contributed by atoms with van der Waals surface area (Å²) in [6.07, 6.45) is -8.12. The topological polar surface area (TPSA) is 242 Å². The number of likely N-dealkylation sites (N-methyl/N-ethyl adjacent to an activating group) is 2. The second-order valence-electron chi connectivity index (χ2n) is 12.5. The van der Waals surface area contributed by atoms with Crippen molar-refractivity contribution in [3.05, 3.63) is 74.7 Å². The van der Waals surface area contributed by atoms with Crippen molar-refractivity contribution in [2.24, 2.45) is 5.73 Å². The number of carbonyl (C=O) groups excluding carboxylic acids is 2. The highest BCUT2D eigenvalue weighted by Crippen LogP contribution is 2.36. The molecule has 2 aromatic rings. The smallest absolute Gasteiger partial charge is 0.330 e. The van der Waals surface area contributed by atoms with Crippen LogP contribution in [0.15, 0.2) is 57.9 Å². The number of hydrogen-bond acceptors (Lipinski definition) is 13. The lowest BCUT2D eigenvalue weighted by Crippen LogP contribution is -2.59. The number of aromatic amines is 1. The Bertz CT molecular complexity index is 1630. The Morgan fingerprint density at radius 1 is 1.04 bits per heavy atom. The molecule has 3 aliphatic heterocycles. The van der Waals surface area contributed by atoms with Crippen LogP contribution >= 0.6 is 0 Å². The fourth-order valence-corrected chi connectivity index (χ4v) is 6.28. The maximum Gasteiger partial charge on any atom is 0.330 e. The molecule has 8 N–H and O–H groups in total. The molecule has 4 heterocycles. The van der Waals surface area contributed by atoms with Crippen LogP contribution in [0.3, 0.4) is 0 Å². The van der Waals surface area contributed by atoms with Crippen LogP contribution in [0.4, 0.5) is 5.69 Å². The lowest BCUT2D eigenvalue weighted by Gasteiger charge is -2.38. The second-order valence-corrected chi connectivity index (χ2v) is 12.5. The zero-order valence-electron chi connectivity index (χ0n) is 27.4. The Hall–Kier alpha value is -3.78. The number of hydrogen-bond donors (Lipinski definition) is 7. The number of rotatable bonds is 11. The van der Waals surface area contributed by atoms with Crippen molar-refractivity contribution < 1.29 is 44.2 Å². The van der Waals surface area contributed by atoms with Crippen molar-refractivity contribution in [2.75, 3.05) is 32.5 Å². The molecule has 3 aliphatic rings. The van der Waals surface area contributed by atoms with Crippen molar-refractivity contribution in [1.29, 1.82) is 0 Å². The van der Waals surface area contributed by atoms with Crippen molar-refractivity contribution in [1.82, 2.24) is 19.4 Å². The number of benzene rings is 1. The number of amides is 2. The van der Waals surface area contributed by atoms with Crippen LogP contribution in [0.5, 0.6) is 0 Å². The fourth-order valence-electron chi connectivity index (χ4n) is 6.28. The van der Waals surface area contributed by atoms with Gasteiger partial charge in [-0.25, -0.2) is 4.79 Å². The molecule has 8 unspecified atom stereocenters. The minimum atomic E-state index is -1.77. The van der Waals surface area contributed by atoms with E-state index in [-0.39, 0.29) is 18.8 Å².